The fourth-order valence-electron chi connectivity index (χ4n) is 4.50. The van der Waals surface area contributed by atoms with E-state index in [-0.39, 0.29) is 10.7 Å². The van der Waals surface area contributed by atoms with Gasteiger partial charge in [-0.3, -0.25) is 9.71 Å². The SMILES string of the molecule is O=C(O)C1c2cnn(-c3ccccc3)c2NC(S)N1c1ccc(S(=O)(=O)Nc2cnc3ccccc3n2)cc1. The number of rotatable bonds is 6. The van der Waals surface area contributed by atoms with E-state index >= 15 is 0 Å². The Hall–Kier alpha value is -4.62. The number of aliphatic carboxylic acids is 1. The molecule has 0 saturated carbocycles. The summed E-state index contributed by atoms with van der Waals surface area (Å²) in [5.41, 5.74) is 2.13. The number of para-hydroxylation sites is 3. The molecule has 0 saturated heterocycles. The molecule has 11 nitrogen and oxygen atoms in total. The van der Waals surface area contributed by atoms with Gasteiger partial charge in [-0.25, -0.2) is 22.9 Å². The number of hydrogen-bond donors (Lipinski definition) is 4. The molecule has 1 aliphatic heterocycles. The fourth-order valence-corrected chi connectivity index (χ4v) is 5.87. The summed E-state index contributed by atoms with van der Waals surface area (Å²) in [5.74, 6) is -0.496. The van der Waals surface area contributed by atoms with Gasteiger partial charge in [0.05, 0.1) is 34.0 Å². The van der Waals surface area contributed by atoms with Gasteiger partial charge in [0.1, 0.15) is 11.3 Å². The number of nitrogens with zero attached hydrogens (tertiary/aromatic N) is 5. The van der Waals surface area contributed by atoms with Crippen molar-refractivity contribution >= 4 is 57.0 Å². The second kappa shape index (κ2) is 9.60. The zero-order valence-corrected chi connectivity index (χ0v) is 21.8. The first-order chi connectivity index (χ1) is 18.8. The van der Waals surface area contributed by atoms with Crippen LogP contribution in [0.4, 0.5) is 17.3 Å². The van der Waals surface area contributed by atoms with Gasteiger partial charge in [-0.1, -0.05) is 30.3 Å². The molecule has 0 spiro atoms. The molecular formula is C26H21N7O4S2. The second-order valence-corrected chi connectivity index (χ2v) is 10.9. The van der Waals surface area contributed by atoms with E-state index < -0.39 is 27.5 Å². The highest BCUT2D eigenvalue weighted by Crippen LogP contribution is 2.40. The van der Waals surface area contributed by atoms with Crippen LogP contribution in [0.25, 0.3) is 16.7 Å². The standard InChI is InChI=1S/C26H21N7O4S2/c34-25(35)23-19-14-28-33(17-6-2-1-3-7-17)24(19)30-26(38)32(23)16-10-12-18(13-11-16)39(36,37)31-22-15-27-20-8-4-5-9-21(20)29-22/h1-15,23,26,30,38H,(H,29,31)(H,34,35). The number of nitrogens with one attached hydrogen (secondary N) is 2. The monoisotopic (exact) mass is 559 g/mol. The molecule has 2 atom stereocenters. The van der Waals surface area contributed by atoms with Crippen molar-refractivity contribution in [2.24, 2.45) is 0 Å². The first kappa shape index (κ1) is 24.7. The Labute approximate surface area is 228 Å². The number of carbonyl (C=O) groups is 1. The number of hydrogen-bond acceptors (Lipinski definition) is 9. The average Bonchev–Trinajstić information content (AvgIpc) is 3.35. The molecule has 6 rings (SSSR count). The Morgan fingerprint density at radius 2 is 1.62 bits per heavy atom. The molecule has 0 bridgehead atoms. The fraction of sp³-hybridized carbons (Fsp3) is 0.0769. The molecule has 2 unspecified atom stereocenters. The van der Waals surface area contributed by atoms with Gasteiger partial charge in [0, 0.05) is 11.3 Å². The third-order valence-electron chi connectivity index (χ3n) is 6.27. The van der Waals surface area contributed by atoms with Crippen LogP contribution in [0, 0.1) is 0 Å². The normalized spacial score (nSPS) is 16.9. The predicted molar refractivity (Wildman–Crippen MR) is 150 cm³/mol. The molecule has 0 radical (unpaired) electrons. The molecule has 3 heterocycles. The van der Waals surface area contributed by atoms with E-state index in [2.05, 4.69) is 37.7 Å². The number of thiol groups is 1. The Bertz CT molecular complexity index is 1790. The summed E-state index contributed by atoms with van der Waals surface area (Å²) in [6, 6.07) is 21.2. The molecule has 0 aliphatic carbocycles. The highest BCUT2D eigenvalue weighted by atomic mass is 32.2. The predicted octanol–water partition coefficient (Wildman–Crippen LogP) is 3.89. The van der Waals surface area contributed by atoms with Crippen LogP contribution in [0.1, 0.15) is 11.6 Å². The lowest BCUT2D eigenvalue weighted by Gasteiger charge is -2.40. The molecule has 196 valence electrons. The van der Waals surface area contributed by atoms with Crippen LogP contribution < -0.4 is 14.9 Å². The van der Waals surface area contributed by atoms with Crippen molar-refractivity contribution in [1.82, 2.24) is 19.7 Å². The van der Waals surface area contributed by atoms with Crippen molar-refractivity contribution in [3.63, 3.8) is 0 Å². The number of anilines is 3. The molecular weight excluding hydrogens is 538 g/mol. The van der Waals surface area contributed by atoms with Crippen LogP contribution in [0.3, 0.4) is 0 Å². The van der Waals surface area contributed by atoms with E-state index in [0.29, 0.717) is 28.1 Å². The summed E-state index contributed by atoms with van der Waals surface area (Å²) in [7, 11) is -3.98. The van der Waals surface area contributed by atoms with E-state index in [1.165, 1.54) is 36.7 Å². The van der Waals surface area contributed by atoms with E-state index in [1.54, 1.807) is 27.8 Å². The Kier molecular flexibility index (Phi) is 6.08. The molecule has 2 aromatic heterocycles. The van der Waals surface area contributed by atoms with Gasteiger partial charge in [-0.15, -0.1) is 12.6 Å². The first-order valence-corrected chi connectivity index (χ1v) is 13.8. The summed E-state index contributed by atoms with van der Waals surface area (Å²) in [6.07, 6.45) is 2.86. The third-order valence-corrected chi connectivity index (χ3v) is 8.02. The smallest absolute Gasteiger partial charge is 0.331 e. The lowest BCUT2D eigenvalue weighted by Crippen LogP contribution is -2.47. The van der Waals surface area contributed by atoms with Crippen LogP contribution in [-0.2, 0) is 14.8 Å². The maximum Gasteiger partial charge on any atom is 0.331 e. The lowest BCUT2D eigenvalue weighted by molar-refractivity contribution is -0.138. The van der Waals surface area contributed by atoms with Crippen LogP contribution in [0.15, 0.2) is 96.2 Å². The quantitative estimate of drug-likeness (QED) is 0.228. The zero-order chi connectivity index (χ0) is 27.1. The number of aromatic nitrogens is 4. The average molecular weight is 560 g/mol. The number of sulfonamides is 1. The minimum absolute atomic E-state index is 0.0219. The Morgan fingerprint density at radius 3 is 2.33 bits per heavy atom. The first-order valence-electron chi connectivity index (χ1n) is 11.8. The molecule has 0 fully saturated rings. The molecule has 13 heteroatoms. The number of carboxylic acids is 1. The van der Waals surface area contributed by atoms with E-state index in [4.69, 9.17) is 0 Å². The van der Waals surface area contributed by atoms with E-state index in [9.17, 15) is 18.3 Å². The number of fused-ring (bicyclic) bond motifs is 2. The van der Waals surface area contributed by atoms with E-state index in [0.717, 1.165) is 5.69 Å². The van der Waals surface area contributed by atoms with Gasteiger partial charge >= 0.3 is 5.97 Å². The largest absolute Gasteiger partial charge is 0.479 e. The van der Waals surface area contributed by atoms with Crippen molar-refractivity contribution in [3.05, 3.63) is 96.8 Å². The van der Waals surface area contributed by atoms with Gasteiger partial charge < -0.3 is 15.3 Å². The van der Waals surface area contributed by atoms with Crippen molar-refractivity contribution in [3.8, 4) is 5.69 Å². The number of carboxylic acid groups (broad SMARTS) is 1. The molecule has 1 aliphatic rings. The minimum Gasteiger partial charge on any atom is -0.479 e. The topological polar surface area (TPSA) is 142 Å². The van der Waals surface area contributed by atoms with Crippen LogP contribution >= 0.6 is 12.6 Å². The highest BCUT2D eigenvalue weighted by Gasteiger charge is 2.40. The van der Waals surface area contributed by atoms with Crippen LogP contribution in [0.5, 0.6) is 0 Å². The summed E-state index contributed by atoms with van der Waals surface area (Å²) in [6.45, 7) is 0. The van der Waals surface area contributed by atoms with Gasteiger partial charge in [0.15, 0.2) is 11.9 Å². The lowest BCUT2D eigenvalue weighted by atomic mass is 10.1. The van der Waals surface area contributed by atoms with E-state index in [1.807, 2.05) is 36.4 Å². The van der Waals surface area contributed by atoms with Gasteiger partial charge in [0.25, 0.3) is 10.0 Å². The van der Waals surface area contributed by atoms with Crippen molar-refractivity contribution in [1.29, 1.82) is 0 Å². The summed E-state index contributed by atoms with van der Waals surface area (Å²) < 4.78 is 30.1. The molecule has 39 heavy (non-hydrogen) atoms. The van der Waals surface area contributed by atoms with Gasteiger partial charge in [-0.05, 0) is 48.5 Å². The summed E-state index contributed by atoms with van der Waals surface area (Å²) in [4.78, 5) is 22.5. The number of benzene rings is 3. The molecule has 0 amide bonds. The molecule has 3 N–H and O–H groups in total. The Balaban J connectivity index is 1.29. The maximum absolute atomic E-state index is 13.0. The van der Waals surface area contributed by atoms with Gasteiger partial charge in [-0.2, -0.15) is 5.10 Å². The van der Waals surface area contributed by atoms with Crippen molar-refractivity contribution < 1.29 is 18.3 Å². The molecule has 5 aromatic rings. The van der Waals surface area contributed by atoms with Crippen LogP contribution in [-0.4, -0.2) is 44.7 Å². The molecule has 3 aromatic carbocycles. The van der Waals surface area contributed by atoms with Crippen molar-refractivity contribution in [2.45, 2.75) is 16.4 Å². The minimum atomic E-state index is -3.98. The summed E-state index contributed by atoms with van der Waals surface area (Å²) in [5, 5.41) is 17.8. The maximum atomic E-state index is 13.0. The van der Waals surface area contributed by atoms with Gasteiger partial charge in [0.2, 0.25) is 0 Å². The summed E-state index contributed by atoms with van der Waals surface area (Å²) >= 11 is 4.62. The van der Waals surface area contributed by atoms with Crippen LogP contribution in [0.2, 0.25) is 0 Å². The second-order valence-electron chi connectivity index (χ2n) is 8.71. The highest BCUT2D eigenvalue weighted by molar-refractivity contribution is 7.92. The van der Waals surface area contributed by atoms with Crippen molar-refractivity contribution in [2.75, 3.05) is 14.9 Å². The zero-order valence-electron chi connectivity index (χ0n) is 20.1. The Morgan fingerprint density at radius 1 is 0.923 bits per heavy atom. The third kappa shape index (κ3) is 4.51.